The van der Waals surface area contributed by atoms with E-state index in [0.717, 1.165) is 5.39 Å². The molecule has 2 nitrogen and oxygen atoms in total. The zero-order valence-corrected chi connectivity index (χ0v) is 12.6. The lowest BCUT2D eigenvalue weighted by Crippen LogP contribution is -2.06. The van der Waals surface area contributed by atoms with Gasteiger partial charge in [-0.05, 0) is 47.2 Å². The maximum atomic E-state index is 13.9. The Bertz CT molecular complexity index is 899. The maximum Gasteiger partial charge on any atom is 0.416 e. The number of alkyl halides is 3. The summed E-state index contributed by atoms with van der Waals surface area (Å²) in [5, 5.41) is 12.2. The lowest BCUT2D eigenvalue weighted by molar-refractivity contribution is -0.137. The lowest BCUT2D eigenvalue weighted by Gasteiger charge is -2.13. The molecule has 3 rings (SSSR count). The Balaban J connectivity index is 1.99. The molecule has 0 saturated heterocycles. The second kappa shape index (κ2) is 5.87. The fraction of sp³-hybridized carbons (Fsp3) is 0.0588. The van der Waals surface area contributed by atoms with Crippen LogP contribution in [0.3, 0.4) is 0 Å². The van der Waals surface area contributed by atoms with Crippen LogP contribution in [0.25, 0.3) is 10.8 Å². The Morgan fingerprint density at radius 3 is 2.29 bits per heavy atom. The van der Waals surface area contributed by atoms with E-state index in [9.17, 15) is 22.7 Å². The second-order valence-corrected chi connectivity index (χ2v) is 5.45. The highest BCUT2D eigenvalue weighted by atomic mass is 35.5. The van der Waals surface area contributed by atoms with Crippen molar-refractivity contribution in [2.45, 2.75) is 6.18 Å². The molecule has 123 valence electrons. The summed E-state index contributed by atoms with van der Waals surface area (Å²) in [5.41, 5.74) is -1.20. The van der Waals surface area contributed by atoms with Crippen LogP contribution in [0.2, 0.25) is 5.02 Å². The molecule has 0 heterocycles. The first-order chi connectivity index (χ1) is 11.2. The first-order valence-electron chi connectivity index (χ1n) is 6.69. The summed E-state index contributed by atoms with van der Waals surface area (Å²) in [5.74, 6) is -1.80. The van der Waals surface area contributed by atoms with E-state index in [1.165, 1.54) is 24.3 Å². The standard InChI is InChI=1S/C17H8ClF4O2/c18-14-7-11(17(20,21)22)8-15(19)16(14)24-13-4-2-9-1-3-12(23)5-10(9)6-13/h1-8H. The van der Waals surface area contributed by atoms with Gasteiger partial charge in [-0.25, -0.2) is 4.39 Å². The molecular formula is C17H8ClF4O2. The molecule has 0 bridgehead atoms. The molecule has 0 aliphatic rings. The monoisotopic (exact) mass is 355 g/mol. The van der Waals surface area contributed by atoms with Crippen LogP contribution in [0.4, 0.5) is 17.6 Å². The summed E-state index contributed by atoms with van der Waals surface area (Å²) in [6.45, 7) is 0. The minimum atomic E-state index is -4.71. The summed E-state index contributed by atoms with van der Waals surface area (Å²) in [4.78, 5) is 0. The van der Waals surface area contributed by atoms with E-state index in [0.29, 0.717) is 17.5 Å². The van der Waals surface area contributed by atoms with Gasteiger partial charge in [0, 0.05) is 0 Å². The van der Waals surface area contributed by atoms with Crippen LogP contribution in [0.15, 0.2) is 48.5 Å². The first kappa shape index (κ1) is 16.4. The molecule has 0 fully saturated rings. The number of rotatable bonds is 2. The van der Waals surface area contributed by atoms with Crippen molar-refractivity contribution in [2.75, 3.05) is 0 Å². The van der Waals surface area contributed by atoms with Gasteiger partial charge in [-0.2, -0.15) is 13.2 Å². The number of fused-ring (bicyclic) bond motifs is 1. The van der Waals surface area contributed by atoms with Crippen LogP contribution < -0.4 is 4.74 Å². The molecule has 0 saturated carbocycles. The van der Waals surface area contributed by atoms with Gasteiger partial charge in [0.2, 0.25) is 0 Å². The average Bonchev–Trinajstić information content (AvgIpc) is 2.49. The van der Waals surface area contributed by atoms with E-state index in [-0.39, 0.29) is 11.5 Å². The fourth-order valence-corrected chi connectivity index (χ4v) is 2.45. The molecule has 0 unspecified atom stereocenters. The third kappa shape index (κ3) is 3.23. The maximum absolute atomic E-state index is 13.9. The lowest BCUT2D eigenvalue weighted by atomic mass is 10.1. The minimum Gasteiger partial charge on any atom is -0.453 e. The Labute approximate surface area is 138 Å². The highest BCUT2D eigenvalue weighted by molar-refractivity contribution is 6.32. The molecule has 24 heavy (non-hydrogen) atoms. The van der Waals surface area contributed by atoms with Gasteiger partial charge in [0.1, 0.15) is 5.75 Å². The number of halogens is 5. The molecule has 3 aromatic carbocycles. The minimum absolute atomic E-state index is 0.147. The Morgan fingerprint density at radius 1 is 0.917 bits per heavy atom. The number of benzene rings is 3. The molecule has 0 aliphatic carbocycles. The van der Waals surface area contributed by atoms with Crippen molar-refractivity contribution in [1.29, 1.82) is 0 Å². The van der Waals surface area contributed by atoms with Crippen molar-refractivity contribution in [3.8, 4) is 17.2 Å². The molecule has 3 aromatic rings. The molecule has 0 amide bonds. The molecule has 1 radical (unpaired) electrons. The van der Waals surface area contributed by atoms with E-state index in [2.05, 4.69) is 0 Å². The van der Waals surface area contributed by atoms with Gasteiger partial charge in [-0.3, -0.25) is 5.11 Å². The summed E-state index contributed by atoms with van der Waals surface area (Å²) in [6, 6.07) is 9.91. The molecule has 0 N–H and O–H groups in total. The van der Waals surface area contributed by atoms with Crippen LogP contribution >= 0.6 is 11.6 Å². The molecule has 7 heteroatoms. The second-order valence-electron chi connectivity index (χ2n) is 5.04. The van der Waals surface area contributed by atoms with Crippen LogP contribution in [-0.2, 0) is 11.3 Å². The summed E-state index contributed by atoms with van der Waals surface area (Å²) >= 11 is 5.72. The van der Waals surface area contributed by atoms with Gasteiger partial charge in [-0.15, -0.1) is 0 Å². The molecule has 0 aromatic heterocycles. The molecule has 0 spiro atoms. The zero-order valence-electron chi connectivity index (χ0n) is 11.8. The van der Waals surface area contributed by atoms with Gasteiger partial charge in [-0.1, -0.05) is 23.7 Å². The number of ether oxygens (including phenoxy) is 1. The van der Waals surface area contributed by atoms with E-state index in [1.54, 1.807) is 12.1 Å². The normalized spacial score (nSPS) is 11.7. The Morgan fingerprint density at radius 2 is 1.62 bits per heavy atom. The van der Waals surface area contributed by atoms with E-state index < -0.39 is 28.3 Å². The number of hydrogen-bond acceptors (Lipinski definition) is 1. The smallest absolute Gasteiger partial charge is 0.416 e. The van der Waals surface area contributed by atoms with Crippen molar-refractivity contribution in [2.24, 2.45) is 0 Å². The van der Waals surface area contributed by atoms with Crippen LogP contribution in [0, 0.1) is 5.82 Å². The quantitative estimate of drug-likeness (QED) is 0.477. The van der Waals surface area contributed by atoms with Gasteiger partial charge >= 0.3 is 6.18 Å². The van der Waals surface area contributed by atoms with Crippen LogP contribution in [-0.4, -0.2) is 0 Å². The topological polar surface area (TPSA) is 29.1 Å². The summed E-state index contributed by atoms with van der Waals surface area (Å²) in [6.07, 6.45) is -4.71. The van der Waals surface area contributed by atoms with E-state index in [4.69, 9.17) is 16.3 Å². The SMILES string of the molecule is [O]c1ccc2ccc(Oc3c(F)cc(C(F)(F)F)cc3Cl)cc2c1. The number of hydrogen-bond donors (Lipinski definition) is 0. The predicted molar refractivity (Wildman–Crippen MR) is 80.6 cm³/mol. The van der Waals surface area contributed by atoms with Crippen LogP contribution in [0.5, 0.6) is 17.2 Å². The van der Waals surface area contributed by atoms with Gasteiger partial charge in [0.25, 0.3) is 0 Å². The molecular weight excluding hydrogens is 348 g/mol. The van der Waals surface area contributed by atoms with Crippen molar-refractivity contribution in [3.63, 3.8) is 0 Å². The summed E-state index contributed by atoms with van der Waals surface area (Å²) in [7, 11) is 0. The fourth-order valence-electron chi connectivity index (χ4n) is 2.21. The van der Waals surface area contributed by atoms with Gasteiger partial charge in [0.15, 0.2) is 17.3 Å². The van der Waals surface area contributed by atoms with E-state index >= 15 is 0 Å². The molecule has 0 atom stereocenters. The zero-order chi connectivity index (χ0) is 17.5. The van der Waals surface area contributed by atoms with Crippen LogP contribution in [0.1, 0.15) is 5.56 Å². The van der Waals surface area contributed by atoms with Crippen molar-refractivity contribution in [1.82, 2.24) is 0 Å². The van der Waals surface area contributed by atoms with Crippen molar-refractivity contribution in [3.05, 3.63) is 64.9 Å². The first-order valence-corrected chi connectivity index (χ1v) is 7.07. The Hall–Kier alpha value is -2.47. The largest absolute Gasteiger partial charge is 0.453 e. The molecule has 0 aliphatic heterocycles. The predicted octanol–water partition coefficient (Wildman–Crippen LogP) is 6.59. The summed E-state index contributed by atoms with van der Waals surface area (Å²) < 4.78 is 57.1. The van der Waals surface area contributed by atoms with Gasteiger partial charge < -0.3 is 4.74 Å². The van der Waals surface area contributed by atoms with Gasteiger partial charge in [0.05, 0.1) is 10.6 Å². The Kier molecular flexibility index (Phi) is 4.01. The van der Waals surface area contributed by atoms with Crippen molar-refractivity contribution >= 4 is 22.4 Å². The average molecular weight is 356 g/mol. The third-order valence-corrected chi connectivity index (χ3v) is 3.61. The highest BCUT2D eigenvalue weighted by Gasteiger charge is 2.32. The third-order valence-electron chi connectivity index (χ3n) is 3.33. The highest BCUT2D eigenvalue weighted by Crippen LogP contribution is 2.39. The van der Waals surface area contributed by atoms with Crippen molar-refractivity contribution < 1.29 is 27.4 Å². The van der Waals surface area contributed by atoms with E-state index in [1.807, 2.05) is 0 Å².